The van der Waals surface area contributed by atoms with Gasteiger partial charge in [-0.3, -0.25) is 0 Å². The van der Waals surface area contributed by atoms with E-state index in [1.807, 2.05) is 6.92 Å². The van der Waals surface area contributed by atoms with Gasteiger partial charge in [0.25, 0.3) is 10.0 Å². The summed E-state index contributed by atoms with van der Waals surface area (Å²) in [7, 11) is -3.60. The van der Waals surface area contributed by atoms with E-state index in [-0.39, 0.29) is 11.1 Å². The first-order valence-corrected chi connectivity index (χ1v) is 7.23. The second-order valence-electron chi connectivity index (χ2n) is 3.89. The van der Waals surface area contributed by atoms with Gasteiger partial charge in [-0.2, -0.15) is 0 Å². The zero-order valence-corrected chi connectivity index (χ0v) is 11.4. The lowest BCUT2D eigenvalue weighted by atomic mass is 10.3. The third-order valence-corrected chi connectivity index (χ3v) is 3.74. The molecule has 0 bridgehead atoms. The molecule has 6 nitrogen and oxygen atoms in total. The number of ether oxygens (including phenoxy) is 1. The molecule has 0 aromatic carbocycles. The number of hydrogen-bond acceptors (Lipinski definition) is 5. The topological polar surface area (TPSA) is 94.3 Å². The van der Waals surface area contributed by atoms with Crippen molar-refractivity contribution in [1.82, 2.24) is 9.71 Å². The molecule has 0 aliphatic heterocycles. The van der Waals surface area contributed by atoms with Crippen LogP contribution in [0, 0.1) is 0 Å². The van der Waals surface area contributed by atoms with Gasteiger partial charge >= 0.3 is 0 Å². The van der Waals surface area contributed by atoms with Crippen LogP contribution in [0.25, 0.3) is 0 Å². The molecule has 1 rings (SSSR count). The summed E-state index contributed by atoms with van der Waals surface area (Å²) in [6.45, 7) is 4.81. The van der Waals surface area contributed by atoms with E-state index in [9.17, 15) is 8.42 Å². The first-order chi connectivity index (χ1) is 8.49. The Morgan fingerprint density at radius 2 is 2.22 bits per heavy atom. The summed E-state index contributed by atoms with van der Waals surface area (Å²) in [5, 5.41) is -0.0111. The second kappa shape index (κ2) is 6.79. The molecule has 1 heterocycles. The highest BCUT2D eigenvalue weighted by molar-refractivity contribution is 7.89. The Labute approximate surface area is 108 Å². The molecule has 18 heavy (non-hydrogen) atoms. The third kappa shape index (κ3) is 4.34. The predicted octanol–water partition coefficient (Wildman–Crippen LogP) is 0.244. The highest BCUT2D eigenvalue weighted by Gasteiger charge is 2.18. The highest BCUT2D eigenvalue weighted by atomic mass is 32.2. The van der Waals surface area contributed by atoms with Gasteiger partial charge in [-0.1, -0.05) is 6.07 Å². The number of sulfonamides is 1. The normalized spacial score (nSPS) is 13.5. The number of nitrogens with zero attached hydrogens (tertiary/aromatic N) is 1. The molecule has 3 N–H and O–H groups in total. The molecule has 0 aliphatic carbocycles. The molecule has 0 radical (unpaired) electrons. The van der Waals surface area contributed by atoms with Crippen molar-refractivity contribution in [3.8, 4) is 0 Å². The molecule has 0 fully saturated rings. The van der Waals surface area contributed by atoms with Gasteiger partial charge in [0.05, 0.1) is 6.61 Å². The Hall–Kier alpha value is -1.02. The Morgan fingerprint density at radius 3 is 2.72 bits per heavy atom. The van der Waals surface area contributed by atoms with Crippen molar-refractivity contribution in [2.24, 2.45) is 5.73 Å². The number of nitrogens with one attached hydrogen (secondary N) is 1. The van der Waals surface area contributed by atoms with Gasteiger partial charge in [0, 0.05) is 25.4 Å². The monoisotopic (exact) mass is 273 g/mol. The van der Waals surface area contributed by atoms with E-state index in [1.54, 1.807) is 13.0 Å². The van der Waals surface area contributed by atoms with E-state index < -0.39 is 10.0 Å². The van der Waals surface area contributed by atoms with Crippen molar-refractivity contribution in [2.75, 3.05) is 13.2 Å². The summed E-state index contributed by atoms with van der Waals surface area (Å²) in [5.74, 6) is 0. The Bertz CT molecular complexity index is 459. The van der Waals surface area contributed by atoms with Crippen molar-refractivity contribution in [3.05, 3.63) is 23.9 Å². The van der Waals surface area contributed by atoms with Gasteiger partial charge in [0.1, 0.15) is 0 Å². The largest absolute Gasteiger partial charge is 0.380 e. The van der Waals surface area contributed by atoms with E-state index in [0.717, 1.165) is 5.56 Å². The number of aromatic nitrogens is 1. The second-order valence-corrected chi connectivity index (χ2v) is 5.55. The van der Waals surface area contributed by atoms with Crippen molar-refractivity contribution in [3.63, 3.8) is 0 Å². The van der Waals surface area contributed by atoms with Gasteiger partial charge < -0.3 is 10.5 Å². The molecule has 1 aromatic rings. The summed E-state index contributed by atoms with van der Waals surface area (Å²) in [6, 6.07) is 2.79. The fourth-order valence-electron chi connectivity index (χ4n) is 1.34. The number of nitrogens with two attached hydrogens (primary N) is 1. The molecule has 7 heteroatoms. The predicted molar refractivity (Wildman–Crippen MR) is 68.4 cm³/mol. The van der Waals surface area contributed by atoms with Crippen LogP contribution < -0.4 is 10.5 Å². The number of rotatable bonds is 7. The van der Waals surface area contributed by atoms with Crippen molar-refractivity contribution in [1.29, 1.82) is 0 Å². The summed E-state index contributed by atoms with van der Waals surface area (Å²) in [4.78, 5) is 3.88. The van der Waals surface area contributed by atoms with Crippen LogP contribution in [0.4, 0.5) is 0 Å². The summed E-state index contributed by atoms with van der Waals surface area (Å²) in [5.41, 5.74) is 6.21. The minimum atomic E-state index is -3.60. The molecule has 1 atom stereocenters. The number of hydrogen-bond donors (Lipinski definition) is 2. The molecular formula is C11H19N3O3S. The molecule has 0 saturated heterocycles. The Morgan fingerprint density at radius 1 is 1.50 bits per heavy atom. The third-order valence-electron chi connectivity index (χ3n) is 2.24. The fraction of sp³-hybridized carbons (Fsp3) is 0.545. The SMILES string of the molecule is CCOCC(C)NS(=O)(=O)c1ccc(CN)cn1. The Kier molecular flexibility index (Phi) is 5.67. The van der Waals surface area contributed by atoms with E-state index in [4.69, 9.17) is 10.5 Å². The zero-order valence-electron chi connectivity index (χ0n) is 10.6. The molecule has 0 aliphatic rings. The molecule has 0 amide bonds. The molecular weight excluding hydrogens is 254 g/mol. The maximum atomic E-state index is 11.9. The summed E-state index contributed by atoms with van der Waals surface area (Å²) >= 11 is 0. The molecule has 102 valence electrons. The van der Waals surface area contributed by atoms with Gasteiger partial charge in [-0.25, -0.2) is 18.1 Å². The minimum Gasteiger partial charge on any atom is -0.380 e. The minimum absolute atomic E-state index is 0.0111. The van der Waals surface area contributed by atoms with Crippen LogP contribution in [-0.4, -0.2) is 32.7 Å². The lowest BCUT2D eigenvalue weighted by molar-refractivity contribution is 0.133. The van der Waals surface area contributed by atoms with Crippen LogP contribution in [0.1, 0.15) is 19.4 Å². The van der Waals surface area contributed by atoms with Crippen LogP contribution in [0.2, 0.25) is 0 Å². The quantitative estimate of drug-likeness (QED) is 0.742. The average molecular weight is 273 g/mol. The van der Waals surface area contributed by atoms with Crippen LogP contribution >= 0.6 is 0 Å². The van der Waals surface area contributed by atoms with Crippen molar-refractivity contribution in [2.45, 2.75) is 31.5 Å². The van der Waals surface area contributed by atoms with Crippen LogP contribution in [0.3, 0.4) is 0 Å². The molecule has 1 aromatic heterocycles. The van der Waals surface area contributed by atoms with E-state index >= 15 is 0 Å². The maximum absolute atomic E-state index is 11.9. The molecule has 0 saturated carbocycles. The van der Waals surface area contributed by atoms with Gasteiger partial charge in [-0.15, -0.1) is 0 Å². The van der Waals surface area contributed by atoms with Gasteiger partial charge in [-0.05, 0) is 25.5 Å². The fourth-order valence-corrected chi connectivity index (χ4v) is 2.50. The number of pyridine rings is 1. The van der Waals surface area contributed by atoms with Crippen molar-refractivity contribution >= 4 is 10.0 Å². The van der Waals surface area contributed by atoms with Crippen LogP contribution in [0.15, 0.2) is 23.4 Å². The van der Waals surface area contributed by atoms with E-state index in [2.05, 4.69) is 9.71 Å². The smallest absolute Gasteiger partial charge is 0.258 e. The zero-order chi connectivity index (χ0) is 13.6. The summed E-state index contributed by atoms with van der Waals surface area (Å²) < 4.78 is 31.5. The first-order valence-electron chi connectivity index (χ1n) is 5.74. The highest BCUT2D eigenvalue weighted by Crippen LogP contribution is 2.07. The summed E-state index contributed by atoms with van der Waals surface area (Å²) in [6.07, 6.45) is 1.46. The van der Waals surface area contributed by atoms with E-state index in [1.165, 1.54) is 12.3 Å². The standard InChI is InChI=1S/C11H19N3O3S/c1-3-17-8-9(2)14-18(15,16)11-5-4-10(6-12)7-13-11/h4-5,7,9,14H,3,6,8,12H2,1-2H3. The van der Waals surface area contributed by atoms with E-state index in [0.29, 0.717) is 19.8 Å². The lowest BCUT2D eigenvalue weighted by Gasteiger charge is -2.13. The van der Waals surface area contributed by atoms with Crippen LogP contribution in [-0.2, 0) is 21.3 Å². The first kappa shape index (κ1) is 15.0. The maximum Gasteiger partial charge on any atom is 0.258 e. The Balaban J connectivity index is 2.73. The average Bonchev–Trinajstić information content (AvgIpc) is 2.36. The van der Waals surface area contributed by atoms with Gasteiger partial charge in [0.15, 0.2) is 5.03 Å². The van der Waals surface area contributed by atoms with Crippen LogP contribution in [0.5, 0.6) is 0 Å². The molecule has 0 spiro atoms. The van der Waals surface area contributed by atoms with Crippen molar-refractivity contribution < 1.29 is 13.2 Å². The lowest BCUT2D eigenvalue weighted by Crippen LogP contribution is -2.36. The van der Waals surface area contributed by atoms with Gasteiger partial charge in [0.2, 0.25) is 0 Å². The molecule has 1 unspecified atom stereocenters.